The fourth-order valence-electron chi connectivity index (χ4n) is 6.95. The highest BCUT2D eigenvalue weighted by Crippen LogP contribution is 2.14. The van der Waals surface area contributed by atoms with Crippen molar-refractivity contribution in [3.05, 3.63) is 36.5 Å². The van der Waals surface area contributed by atoms with Crippen LogP contribution >= 0.6 is 0 Å². The zero-order valence-electron chi connectivity index (χ0n) is 37.7. The second-order valence-electron chi connectivity index (χ2n) is 16.4. The van der Waals surface area contributed by atoms with Crippen LogP contribution in [0.3, 0.4) is 0 Å². The summed E-state index contributed by atoms with van der Waals surface area (Å²) in [5, 5.41) is 0. The van der Waals surface area contributed by atoms with Gasteiger partial charge >= 0.3 is 11.9 Å². The molecule has 0 saturated carbocycles. The summed E-state index contributed by atoms with van der Waals surface area (Å²) in [6.07, 6.45) is 55.8. The molecule has 0 saturated heterocycles. The lowest BCUT2D eigenvalue weighted by atomic mass is 10.1. The van der Waals surface area contributed by atoms with Crippen molar-refractivity contribution in [2.75, 3.05) is 19.8 Å². The van der Waals surface area contributed by atoms with Gasteiger partial charge in [-0.1, -0.05) is 198 Å². The van der Waals surface area contributed by atoms with Gasteiger partial charge in [0, 0.05) is 19.4 Å². The number of rotatable bonds is 45. The van der Waals surface area contributed by atoms with Crippen LogP contribution in [0.4, 0.5) is 0 Å². The van der Waals surface area contributed by atoms with E-state index in [1.165, 1.54) is 161 Å². The minimum atomic E-state index is -0.534. The summed E-state index contributed by atoms with van der Waals surface area (Å²) < 4.78 is 17.2. The van der Waals surface area contributed by atoms with Gasteiger partial charge in [-0.05, 0) is 77.0 Å². The SMILES string of the molecule is CCCCC/C=C\C/C=C\CCCCCCCCCCCC(=O)OCC(COCCCCCCCC)OC(=O)CCCCCCC/C=C\CCCCCCCC. The number of allylic oxidation sites excluding steroid dienone is 6. The van der Waals surface area contributed by atoms with E-state index in [2.05, 4.69) is 57.2 Å². The highest BCUT2D eigenvalue weighted by Gasteiger charge is 2.17. The van der Waals surface area contributed by atoms with Crippen molar-refractivity contribution >= 4 is 11.9 Å². The molecular formula is C51H94O5. The van der Waals surface area contributed by atoms with Crippen molar-refractivity contribution in [3.63, 3.8) is 0 Å². The average Bonchev–Trinajstić information content (AvgIpc) is 3.20. The van der Waals surface area contributed by atoms with E-state index >= 15 is 0 Å². The monoisotopic (exact) mass is 787 g/mol. The van der Waals surface area contributed by atoms with E-state index in [-0.39, 0.29) is 25.2 Å². The lowest BCUT2D eigenvalue weighted by molar-refractivity contribution is -0.163. The lowest BCUT2D eigenvalue weighted by Crippen LogP contribution is -2.30. The maximum absolute atomic E-state index is 12.7. The summed E-state index contributed by atoms with van der Waals surface area (Å²) in [5.41, 5.74) is 0. The molecule has 328 valence electrons. The Balaban J connectivity index is 4.07. The van der Waals surface area contributed by atoms with Gasteiger partial charge in [-0.25, -0.2) is 0 Å². The number of ether oxygens (including phenoxy) is 3. The maximum atomic E-state index is 12.7. The first-order valence-corrected chi connectivity index (χ1v) is 24.5. The topological polar surface area (TPSA) is 61.8 Å². The van der Waals surface area contributed by atoms with Crippen LogP contribution in [0.15, 0.2) is 36.5 Å². The van der Waals surface area contributed by atoms with E-state index in [1.54, 1.807) is 0 Å². The molecule has 0 aromatic rings. The third-order valence-corrected chi connectivity index (χ3v) is 10.6. The molecule has 0 spiro atoms. The van der Waals surface area contributed by atoms with Crippen LogP contribution in [0.5, 0.6) is 0 Å². The predicted octanol–water partition coefficient (Wildman–Crippen LogP) is 16.2. The molecular weight excluding hydrogens is 693 g/mol. The Morgan fingerprint density at radius 3 is 1.23 bits per heavy atom. The molecule has 0 amide bonds. The Labute approximate surface area is 349 Å². The molecule has 1 atom stereocenters. The molecule has 0 aromatic carbocycles. The minimum Gasteiger partial charge on any atom is -0.462 e. The number of carbonyl (C=O) groups is 2. The van der Waals surface area contributed by atoms with Crippen LogP contribution in [-0.4, -0.2) is 37.9 Å². The summed E-state index contributed by atoms with van der Waals surface area (Å²) in [7, 11) is 0. The van der Waals surface area contributed by atoms with E-state index in [1.807, 2.05) is 0 Å². The quantitative estimate of drug-likeness (QED) is 0.0349. The van der Waals surface area contributed by atoms with Crippen LogP contribution < -0.4 is 0 Å². The second-order valence-corrected chi connectivity index (χ2v) is 16.4. The predicted molar refractivity (Wildman–Crippen MR) is 242 cm³/mol. The summed E-state index contributed by atoms with van der Waals surface area (Å²) in [5.74, 6) is -0.406. The standard InChI is InChI=1S/C51H94O5/c1-4-7-10-13-16-18-20-22-24-25-26-27-29-30-32-34-36-38-41-44-50(52)55-48-49(47-54-46-43-40-15-12-9-6-3)56-51(53)45-42-39-37-35-33-31-28-23-21-19-17-14-11-8-5-2/h16,18,22-24,28,49H,4-15,17,19-21,25-27,29-48H2,1-3H3/b18-16-,24-22-,28-23-. The van der Waals surface area contributed by atoms with E-state index in [0.29, 0.717) is 19.4 Å². The smallest absolute Gasteiger partial charge is 0.306 e. The average molecular weight is 787 g/mol. The molecule has 5 heteroatoms. The molecule has 0 aliphatic heterocycles. The van der Waals surface area contributed by atoms with Gasteiger partial charge in [0.1, 0.15) is 6.61 Å². The van der Waals surface area contributed by atoms with E-state index < -0.39 is 6.10 Å². The van der Waals surface area contributed by atoms with Gasteiger partial charge in [0.2, 0.25) is 0 Å². The Morgan fingerprint density at radius 1 is 0.393 bits per heavy atom. The van der Waals surface area contributed by atoms with Gasteiger partial charge in [-0.15, -0.1) is 0 Å². The van der Waals surface area contributed by atoms with E-state index in [4.69, 9.17) is 14.2 Å². The molecule has 0 aliphatic rings. The molecule has 0 aliphatic carbocycles. The Hall–Kier alpha value is -1.88. The van der Waals surface area contributed by atoms with Crippen LogP contribution in [0.1, 0.15) is 252 Å². The Kier molecular flexibility index (Phi) is 45.9. The van der Waals surface area contributed by atoms with Gasteiger partial charge in [0.25, 0.3) is 0 Å². The van der Waals surface area contributed by atoms with Crippen LogP contribution in [0.25, 0.3) is 0 Å². The van der Waals surface area contributed by atoms with Gasteiger partial charge < -0.3 is 14.2 Å². The Bertz CT molecular complexity index is 893. The first kappa shape index (κ1) is 54.1. The zero-order valence-corrected chi connectivity index (χ0v) is 37.7. The molecule has 0 fully saturated rings. The maximum Gasteiger partial charge on any atom is 0.306 e. The first-order valence-electron chi connectivity index (χ1n) is 24.5. The number of hydrogen-bond donors (Lipinski definition) is 0. The number of carbonyl (C=O) groups excluding carboxylic acids is 2. The summed E-state index contributed by atoms with van der Waals surface area (Å²) in [4.78, 5) is 25.2. The summed E-state index contributed by atoms with van der Waals surface area (Å²) in [6, 6.07) is 0. The molecule has 0 rings (SSSR count). The van der Waals surface area contributed by atoms with Crippen molar-refractivity contribution in [1.29, 1.82) is 0 Å². The van der Waals surface area contributed by atoms with Crippen molar-refractivity contribution in [1.82, 2.24) is 0 Å². The highest BCUT2D eigenvalue weighted by molar-refractivity contribution is 5.70. The highest BCUT2D eigenvalue weighted by atomic mass is 16.6. The van der Waals surface area contributed by atoms with Crippen LogP contribution in [-0.2, 0) is 23.8 Å². The molecule has 1 unspecified atom stereocenters. The van der Waals surface area contributed by atoms with Gasteiger partial charge in [0.15, 0.2) is 6.10 Å². The molecule has 0 radical (unpaired) electrons. The summed E-state index contributed by atoms with van der Waals surface area (Å²) >= 11 is 0. The second kappa shape index (κ2) is 47.5. The van der Waals surface area contributed by atoms with Crippen molar-refractivity contribution in [3.8, 4) is 0 Å². The number of unbranched alkanes of at least 4 members (excludes halogenated alkanes) is 28. The number of esters is 2. The number of hydrogen-bond acceptors (Lipinski definition) is 5. The molecule has 56 heavy (non-hydrogen) atoms. The minimum absolute atomic E-state index is 0.0828. The van der Waals surface area contributed by atoms with E-state index in [9.17, 15) is 9.59 Å². The molecule has 5 nitrogen and oxygen atoms in total. The largest absolute Gasteiger partial charge is 0.462 e. The van der Waals surface area contributed by atoms with Crippen LogP contribution in [0, 0.1) is 0 Å². The fourth-order valence-corrected chi connectivity index (χ4v) is 6.95. The summed E-state index contributed by atoms with van der Waals surface area (Å²) in [6.45, 7) is 7.77. The van der Waals surface area contributed by atoms with E-state index in [0.717, 1.165) is 57.8 Å². The van der Waals surface area contributed by atoms with Gasteiger partial charge in [-0.3, -0.25) is 9.59 Å². The van der Waals surface area contributed by atoms with Crippen molar-refractivity contribution in [2.24, 2.45) is 0 Å². The molecule has 0 heterocycles. The third kappa shape index (κ3) is 44.8. The molecule has 0 N–H and O–H groups in total. The zero-order chi connectivity index (χ0) is 40.7. The van der Waals surface area contributed by atoms with Crippen molar-refractivity contribution in [2.45, 2.75) is 258 Å². The normalized spacial score (nSPS) is 12.4. The van der Waals surface area contributed by atoms with Crippen LogP contribution in [0.2, 0.25) is 0 Å². The van der Waals surface area contributed by atoms with Crippen molar-refractivity contribution < 1.29 is 23.8 Å². The molecule has 0 bridgehead atoms. The van der Waals surface area contributed by atoms with Gasteiger partial charge in [0.05, 0.1) is 6.61 Å². The lowest BCUT2D eigenvalue weighted by Gasteiger charge is -2.18. The third-order valence-electron chi connectivity index (χ3n) is 10.6. The van der Waals surface area contributed by atoms with Gasteiger partial charge in [-0.2, -0.15) is 0 Å². The molecule has 0 aromatic heterocycles. The Morgan fingerprint density at radius 2 is 0.750 bits per heavy atom. The first-order chi connectivity index (χ1) is 27.6. The fraction of sp³-hybridized carbons (Fsp3) is 0.843.